The maximum Gasteiger partial charge on any atom is 0.407 e. The number of carboxylic acid groups (broad SMARTS) is 2. The topological polar surface area (TPSA) is 206 Å². The highest BCUT2D eigenvalue weighted by Crippen LogP contribution is 2.44. The monoisotopic (exact) mass is 525 g/mol. The summed E-state index contributed by atoms with van der Waals surface area (Å²) in [4.78, 5) is 52.0. The van der Waals surface area contributed by atoms with E-state index in [1.54, 1.807) is 0 Å². The van der Waals surface area contributed by atoms with Gasteiger partial charge in [0.1, 0.15) is 18.7 Å². The number of rotatable bonds is 13. The molecule has 2 aromatic rings. The van der Waals surface area contributed by atoms with Crippen molar-refractivity contribution < 1.29 is 34.1 Å². The molecule has 2 atom stereocenters. The number of nitrogens with zero attached hydrogens (tertiary/aromatic N) is 1. The van der Waals surface area contributed by atoms with Crippen molar-refractivity contribution in [3.05, 3.63) is 59.7 Å². The Morgan fingerprint density at radius 1 is 0.895 bits per heavy atom. The van der Waals surface area contributed by atoms with Gasteiger partial charge >= 0.3 is 18.0 Å². The minimum absolute atomic E-state index is 0.00429. The molecular weight excluding hydrogens is 494 g/mol. The number of nitrogens with two attached hydrogens (primary N) is 2. The van der Waals surface area contributed by atoms with Gasteiger partial charge in [0, 0.05) is 18.9 Å². The molecule has 3 rings (SSSR count). The SMILES string of the molecule is NC(N)=NCCC[C@H](NC(=O)[C@H](CCC(=O)O)NC(=O)OCC1c2ccccc2-c2ccccc21)C(=O)O. The first-order valence-electron chi connectivity index (χ1n) is 12.1. The first-order chi connectivity index (χ1) is 18.2. The van der Waals surface area contributed by atoms with Crippen LogP contribution in [0.15, 0.2) is 53.5 Å². The van der Waals surface area contributed by atoms with Crippen molar-refractivity contribution in [1.82, 2.24) is 10.6 Å². The number of carboxylic acids is 2. The first-order valence-corrected chi connectivity index (χ1v) is 12.1. The highest BCUT2D eigenvalue weighted by atomic mass is 16.5. The van der Waals surface area contributed by atoms with Crippen molar-refractivity contribution >= 4 is 29.9 Å². The summed E-state index contributed by atoms with van der Waals surface area (Å²) in [5.74, 6) is -3.65. The molecule has 0 fully saturated rings. The molecule has 0 spiro atoms. The predicted octanol–water partition coefficient (Wildman–Crippen LogP) is 1.38. The van der Waals surface area contributed by atoms with Crippen LogP contribution in [-0.4, -0.2) is 65.3 Å². The van der Waals surface area contributed by atoms with E-state index in [4.69, 9.17) is 21.3 Å². The highest BCUT2D eigenvalue weighted by Gasteiger charge is 2.31. The van der Waals surface area contributed by atoms with E-state index in [2.05, 4.69) is 15.6 Å². The largest absolute Gasteiger partial charge is 0.481 e. The Balaban J connectivity index is 1.63. The number of hydrogen-bond acceptors (Lipinski definition) is 6. The van der Waals surface area contributed by atoms with Gasteiger partial charge in [0.2, 0.25) is 5.91 Å². The maximum atomic E-state index is 12.8. The minimum atomic E-state index is -1.32. The molecule has 202 valence electrons. The number of aliphatic carboxylic acids is 2. The summed E-state index contributed by atoms with van der Waals surface area (Å²) in [7, 11) is 0. The van der Waals surface area contributed by atoms with E-state index < -0.39 is 42.4 Å². The van der Waals surface area contributed by atoms with Crippen molar-refractivity contribution in [2.24, 2.45) is 16.5 Å². The second-order valence-electron chi connectivity index (χ2n) is 8.80. The van der Waals surface area contributed by atoms with Gasteiger partial charge in [-0.05, 0) is 41.5 Å². The summed E-state index contributed by atoms with van der Waals surface area (Å²) in [6.07, 6.45) is -1.31. The number of ether oxygens (including phenoxy) is 1. The minimum Gasteiger partial charge on any atom is -0.481 e. The average Bonchev–Trinajstić information content (AvgIpc) is 3.20. The molecule has 0 unspecified atom stereocenters. The summed E-state index contributed by atoms with van der Waals surface area (Å²) in [5, 5.41) is 23.3. The van der Waals surface area contributed by atoms with E-state index in [1.807, 2.05) is 48.5 Å². The fraction of sp³-hybridized carbons (Fsp3) is 0.346. The number of carbonyl (C=O) groups excluding carboxylic acids is 2. The van der Waals surface area contributed by atoms with Gasteiger partial charge < -0.3 is 37.1 Å². The second-order valence-corrected chi connectivity index (χ2v) is 8.80. The lowest BCUT2D eigenvalue weighted by Gasteiger charge is -2.21. The fourth-order valence-corrected chi connectivity index (χ4v) is 4.35. The lowest BCUT2D eigenvalue weighted by Crippen LogP contribution is -2.52. The average molecular weight is 526 g/mol. The van der Waals surface area contributed by atoms with Crippen LogP contribution in [0.5, 0.6) is 0 Å². The Bertz CT molecular complexity index is 1170. The van der Waals surface area contributed by atoms with E-state index in [9.17, 15) is 24.3 Å². The Morgan fingerprint density at radius 3 is 2.05 bits per heavy atom. The Morgan fingerprint density at radius 2 is 1.50 bits per heavy atom. The Kier molecular flexibility index (Phi) is 9.63. The first kappa shape index (κ1) is 28.0. The van der Waals surface area contributed by atoms with Gasteiger partial charge in [-0.1, -0.05) is 48.5 Å². The van der Waals surface area contributed by atoms with E-state index in [0.29, 0.717) is 0 Å². The fourth-order valence-electron chi connectivity index (χ4n) is 4.35. The van der Waals surface area contributed by atoms with E-state index >= 15 is 0 Å². The molecule has 12 heteroatoms. The Hall–Kier alpha value is -4.61. The molecule has 12 nitrogen and oxygen atoms in total. The molecule has 1 aliphatic carbocycles. The lowest BCUT2D eigenvalue weighted by atomic mass is 9.98. The Labute approximate surface area is 219 Å². The molecule has 0 heterocycles. The second kappa shape index (κ2) is 13.1. The number of amides is 2. The van der Waals surface area contributed by atoms with Crippen LogP contribution in [0, 0.1) is 0 Å². The zero-order valence-electron chi connectivity index (χ0n) is 20.6. The number of nitrogens with one attached hydrogen (secondary N) is 2. The summed E-state index contributed by atoms with van der Waals surface area (Å²) in [6, 6.07) is 13.0. The summed E-state index contributed by atoms with van der Waals surface area (Å²) >= 11 is 0. The maximum absolute atomic E-state index is 12.8. The van der Waals surface area contributed by atoms with Crippen LogP contribution in [0.1, 0.15) is 42.7 Å². The molecular formula is C26H31N5O7. The van der Waals surface area contributed by atoms with Gasteiger partial charge in [-0.15, -0.1) is 0 Å². The van der Waals surface area contributed by atoms with Gasteiger partial charge in [-0.3, -0.25) is 14.6 Å². The number of benzene rings is 2. The van der Waals surface area contributed by atoms with Gasteiger partial charge in [0.05, 0.1) is 0 Å². The molecule has 2 aromatic carbocycles. The van der Waals surface area contributed by atoms with Crippen LogP contribution < -0.4 is 22.1 Å². The smallest absolute Gasteiger partial charge is 0.407 e. The van der Waals surface area contributed by atoms with Crippen molar-refractivity contribution in [3.8, 4) is 11.1 Å². The zero-order valence-corrected chi connectivity index (χ0v) is 20.6. The molecule has 8 N–H and O–H groups in total. The molecule has 0 saturated heterocycles. The van der Waals surface area contributed by atoms with Crippen molar-refractivity contribution in [2.75, 3.05) is 13.2 Å². The molecule has 0 radical (unpaired) electrons. The van der Waals surface area contributed by atoms with Crippen LogP contribution in [-0.2, 0) is 19.1 Å². The summed E-state index contributed by atoms with van der Waals surface area (Å²) in [5.41, 5.74) is 14.6. The van der Waals surface area contributed by atoms with Gasteiger partial charge in [-0.25, -0.2) is 9.59 Å². The third-order valence-electron chi connectivity index (χ3n) is 6.16. The molecule has 0 saturated carbocycles. The normalized spacial score (nSPS) is 13.4. The van der Waals surface area contributed by atoms with Crippen LogP contribution >= 0.6 is 0 Å². The third kappa shape index (κ3) is 7.45. The van der Waals surface area contributed by atoms with E-state index in [1.165, 1.54) is 0 Å². The lowest BCUT2D eigenvalue weighted by molar-refractivity contribution is -0.142. The zero-order chi connectivity index (χ0) is 27.7. The molecule has 1 aliphatic rings. The summed E-state index contributed by atoms with van der Waals surface area (Å²) in [6.45, 7) is 0.165. The van der Waals surface area contributed by atoms with Crippen LogP contribution in [0.25, 0.3) is 11.1 Å². The van der Waals surface area contributed by atoms with Crippen molar-refractivity contribution in [1.29, 1.82) is 0 Å². The predicted molar refractivity (Wildman–Crippen MR) is 138 cm³/mol. The van der Waals surface area contributed by atoms with Crippen molar-refractivity contribution in [2.45, 2.75) is 43.7 Å². The van der Waals surface area contributed by atoms with Gasteiger partial charge in [0.15, 0.2) is 5.96 Å². The number of guanidine groups is 1. The van der Waals surface area contributed by atoms with Crippen LogP contribution in [0.2, 0.25) is 0 Å². The van der Waals surface area contributed by atoms with Crippen LogP contribution in [0.4, 0.5) is 4.79 Å². The number of alkyl carbamates (subject to hydrolysis) is 1. The van der Waals surface area contributed by atoms with E-state index in [0.717, 1.165) is 22.3 Å². The number of fused-ring (bicyclic) bond motifs is 3. The quantitative estimate of drug-likeness (QED) is 0.127. The van der Waals surface area contributed by atoms with E-state index in [-0.39, 0.29) is 44.3 Å². The molecule has 2 amide bonds. The molecule has 0 bridgehead atoms. The van der Waals surface area contributed by atoms with Crippen LogP contribution in [0.3, 0.4) is 0 Å². The molecule has 38 heavy (non-hydrogen) atoms. The molecule has 0 aliphatic heterocycles. The molecule has 0 aromatic heterocycles. The number of carbonyl (C=O) groups is 4. The summed E-state index contributed by atoms with van der Waals surface area (Å²) < 4.78 is 5.45. The van der Waals surface area contributed by atoms with Gasteiger partial charge in [0.25, 0.3) is 0 Å². The third-order valence-corrected chi connectivity index (χ3v) is 6.16. The standard InChI is InChI=1S/C26H31N5O7/c27-25(28)29-13-5-10-21(24(35)36)30-23(34)20(11-12-22(32)33)31-26(37)38-14-19-17-8-3-1-6-15(17)16-7-2-4-9-18(16)19/h1-4,6-9,19-21H,5,10-14H2,(H,30,34)(H,31,37)(H,32,33)(H,35,36)(H4,27,28,29)/t20-,21-/m0/s1. The number of hydrogen-bond donors (Lipinski definition) is 6. The van der Waals surface area contributed by atoms with Crippen molar-refractivity contribution in [3.63, 3.8) is 0 Å². The number of aliphatic imine (C=N–C) groups is 1. The highest BCUT2D eigenvalue weighted by molar-refractivity contribution is 5.89. The van der Waals surface area contributed by atoms with Gasteiger partial charge in [-0.2, -0.15) is 0 Å².